The van der Waals surface area contributed by atoms with Gasteiger partial charge in [-0.3, -0.25) is 15.2 Å². The predicted molar refractivity (Wildman–Crippen MR) is 109 cm³/mol. The second kappa shape index (κ2) is 6.42. The summed E-state index contributed by atoms with van der Waals surface area (Å²) in [7, 11) is 0. The molecule has 0 atom stereocenters. The Morgan fingerprint density at radius 2 is 1.89 bits per heavy atom. The largest absolute Gasteiger partial charge is 0.339 e. The van der Waals surface area contributed by atoms with Gasteiger partial charge in [0.05, 0.1) is 29.0 Å². The molecule has 1 amide bonds. The molecule has 0 saturated heterocycles. The average Bonchev–Trinajstić information content (AvgIpc) is 3.22. The number of pyridine rings is 1. The lowest BCUT2D eigenvalue weighted by molar-refractivity contribution is -0.113. The van der Waals surface area contributed by atoms with E-state index in [9.17, 15) is 4.79 Å². The molecule has 0 fully saturated rings. The van der Waals surface area contributed by atoms with E-state index in [1.807, 2.05) is 48.7 Å². The van der Waals surface area contributed by atoms with Gasteiger partial charge in [-0.1, -0.05) is 36.4 Å². The van der Waals surface area contributed by atoms with E-state index >= 15 is 0 Å². The van der Waals surface area contributed by atoms with Crippen LogP contribution in [-0.2, 0) is 11.3 Å². The maximum Gasteiger partial charge on any atom is 0.296 e. The first-order valence-electron chi connectivity index (χ1n) is 9.14. The van der Waals surface area contributed by atoms with Crippen LogP contribution in [0.3, 0.4) is 0 Å². The van der Waals surface area contributed by atoms with E-state index in [0.717, 1.165) is 28.4 Å². The highest BCUT2D eigenvalue weighted by Gasteiger charge is 2.15. The molecule has 0 unspecified atom stereocenters. The predicted octanol–water partition coefficient (Wildman–Crippen LogP) is 2.10. The zero-order chi connectivity index (χ0) is 19.1. The number of nitrogens with one attached hydrogen (secondary N) is 1. The van der Waals surface area contributed by atoms with Gasteiger partial charge in [-0.2, -0.15) is 5.10 Å². The molecule has 136 valence electrons. The number of hydrogen-bond acceptors (Lipinski definition) is 4. The first-order valence-corrected chi connectivity index (χ1v) is 9.14. The van der Waals surface area contributed by atoms with Crippen molar-refractivity contribution < 1.29 is 4.79 Å². The highest BCUT2D eigenvalue weighted by atomic mass is 16.1. The lowest BCUT2D eigenvalue weighted by Gasteiger charge is -2.02. The van der Waals surface area contributed by atoms with Crippen LogP contribution in [0.4, 0.5) is 0 Å². The van der Waals surface area contributed by atoms with E-state index in [4.69, 9.17) is 0 Å². The quantitative estimate of drug-likeness (QED) is 0.444. The molecule has 3 heterocycles. The number of para-hydroxylation sites is 2. The second-order valence-electron chi connectivity index (χ2n) is 6.57. The third-order valence-corrected chi connectivity index (χ3v) is 4.98. The summed E-state index contributed by atoms with van der Waals surface area (Å²) in [5.74, 6) is -0.312. The molecule has 1 aliphatic heterocycles. The molecule has 1 aliphatic rings. The van der Waals surface area contributed by atoms with Crippen molar-refractivity contribution >= 4 is 39.6 Å². The van der Waals surface area contributed by atoms with E-state index in [1.165, 1.54) is 10.9 Å². The fourth-order valence-electron chi connectivity index (χ4n) is 3.71. The maximum absolute atomic E-state index is 12.1. The number of fused-ring (bicyclic) bond motifs is 4. The minimum atomic E-state index is -0.312. The first-order chi connectivity index (χ1) is 13.8. The minimum Gasteiger partial charge on any atom is -0.339 e. The van der Waals surface area contributed by atoms with Crippen LogP contribution in [0.2, 0.25) is 0 Å². The Bertz CT molecular complexity index is 1400. The molecule has 0 bridgehead atoms. The van der Waals surface area contributed by atoms with Gasteiger partial charge < -0.3 is 4.57 Å². The van der Waals surface area contributed by atoms with Crippen molar-refractivity contribution in [3.63, 3.8) is 0 Å². The molecule has 2 aromatic carbocycles. The van der Waals surface area contributed by atoms with Gasteiger partial charge in [0.15, 0.2) is 0 Å². The van der Waals surface area contributed by atoms with Gasteiger partial charge in [0.1, 0.15) is 5.70 Å². The Morgan fingerprint density at radius 3 is 2.79 bits per heavy atom. The van der Waals surface area contributed by atoms with Crippen LogP contribution in [0.5, 0.6) is 0 Å². The molecular formula is C22H17N5O. The lowest BCUT2D eigenvalue weighted by atomic mass is 10.2. The van der Waals surface area contributed by atoms with Crippen molar-refractivity contribution in [2.24, 2.45) is 10.1 Å². The molecule has 6 heteroatoms. The topological polar surface area (TPSA) is 71.6 Å². The molecule has 6 nitrogen and oxygen atoms in total. The number of benzene rings is 2. The van der Waals surface area contributed by atoms with Crippen LogP contribution in [0.15, 0.2) is 70.9 Å². The molecule has 0 saturated carbocycles. The van der Waals surface area contributed by atoms with Crippen molar-refractivity contribution in [1.29, 1.82) is 0 Å². The number of carbonyl (C=O) groups is 1. The second-order valence-corrected chi connectivity index (χ2v) is 6.57. The van der Waals surface area contributed by atoms with Crippen LogP contribution in [0, 0.1) is 0 Å². The number of hydrogen-bond donors (Lipinski definition) is 1. The average molecular weight is 367 g/mol. The summed E-state index contributed by atoms with van der Waals surface area (Å²) in [5, 5.41) is 7.98. The van der Waals surface area contributed by atoms with E-state index in [1.54, 1.807) is 6.21 Å². The van der Waals surface area contributed by atoms with Gasteiger partial charge >= 0.3 is 0 Å². The summed E-state index contributed by atoms with van der Waals surface area (Å²) in [5.41, 5.74) is 6.23. The highest BCUT2D eigenvalue weighted by molar-refractivity contribution is 6.14. The van der Waals surface area contributed by atoms with Crippen LogP contribution in [0.1, 0.15) is 12.6 Å². The Hall–Kier alpha value is -3.80. The molecule has 0 aliphatic carbocycles. The first kappa shape index (κ1) is 16.4. The van der Waals surface area contributed by atoms with Gasteiger partial charge in [0.2, 0.25) is 0 Å². The number of aromatic nitrogens is 2. The number of nitrogens with zero attached hydrogens (tertiary/aromatic N) is 4. The molecule has 4 aromatic rings. The maximum atomic E-state index is 12.1. The molecule has 0 spiro atoms. The van der Waals surface area contributed by atoms with Crippen LogP contribution >= 0.6 is 0 Å². The fourth-order valence-corrected chi connectivity index (χ4v) is 3.71. The third-order valence-electron chi connectivity index (χ3n) is 4.98. The SMILES string of the molecule is CCn1c2ccccc2c2cc(/C=N/NC3=c4ccccc4=NC3=O)ncc21. The summed E-state index contributed by atoms with van der Waals surface area (Å²) in [6, 6.07) is 17.7. The standard InChI is InChI=1S/C22H17N5O/c1-2-27-19-10-6-4-7-15(19)17-11-14(23-13-20(17)27)12-24-26-21-16-8-3-5-9-18(16)25-22(21)28/h3-13H,2H2,1H3,(H,25,26,28)/b24-12+. The van der Waals surface area contributed by atoms with Crippen molar-refractivity contribution in [3.05, 3.63) is 77.1 Å². The summed E-state index contributed by atoms with van der Waals surface area (Å²) in [6.07, 6.45) is 3.50. The molecule has 0 radical (unpaired) electrons. The van der Waals surface area contributed by atoms with Gasteiger partial charge in [-0.25, -0.2) is 4.99 Å². The van der Waals surface area contributed by atoms with Crippen molar-refractivity contribution in [2.75, 3.05) is 0 Å². The van der Waals surface area contributed by atoms with E-state index < -0.39 is 0 Å². The molecular weight excluding hydrogens is 350 g/mol. The summed E-state index contributed by atoms with van der Waals surface area (Å²) in [4.78, 5) is 20.6. The Kier molecular flexibility index (Phi) is 3.76. The summed E-state index contributed by atoms with van der Waals surface area (Å²) >= 11 is 0. The number of aryl methyl sites for hydroxylation is 1. The van der Waals surface area contributed by atoms with Gasteiger partial charge in [-0.15, -0.1) is 0 Å². The fraction of sp³-hybridized carbons (Fsp3) is 0.0909. The minimum absolute atomic E-state index is 0.312. The Labute approximate surface area is 160 Å². The molecule has 2 aromatic heterocycles. The smallest absolute Gasteiger partial charge is 0.296 e. The van der Waals surface area contributed by atoms with E-state index in [2.05, 4.69) is 44.1 Å². The van der Waals surface area contributed by atoms with Crippen molar-refractivity contribution in [1.82, 2.24) is 15.0 Å². The van der Waals surface area contributed by atoms with Crippen molar-refractivity contribution in [3.8, 4) is 0 Å². The van der Waals surface area contributed by atoms with Crippen LogP contribution in [-0.4, -0.2) is 21.7 Å². The molecule has 1 N–H and O–H groups in total. The lowest BCUT2D eigenvalue weighted by Crippen LogP contribution is -2.26. The number of hydrazone groups is 1. The zero-order valence-electron chi connectivity index (χ0n) is 15.3. The van der Waals surface area contributed by atoms with Gasteiger partial charge in [0.25, 0.3) is 5.91 Å². The number of carbonyl (C=O) groups excluding carboxylic acids is 1. The molecule has 28 heavy (non-hydrogen) atoms. The van der Waals surface area contributed by atoms with E-state index in [-0.39, 0.29) is 5.91 Å². The number of amides is 1. The molecule has 5 rings (SSSR count). The Morgan fingerprint density at radius 1 is 1.07 bits per heavy atom. The van der Waals surface area contributed by atoms with Gasteiger partial charge in [0, 0.05) is 28.1 Å². The van der Waals surface area contributed by atoms with Crippen molar-refractivity contribution in [2.45, 2.75) is 13.5 Å². The van der Waals surface area contributed by atoms with Crippen LogP contribution in [0.25, 0.3) is 27.5 Å². The number of rotatable bonds is 4. The summed E-state index contributed by atoms with van der Waals surface area (Å²) in [6.45, 7) is 3.01. The van der Waals surface area contributed by atoms with E-state index in [0.29, 0.717) is 11.1 Å². The van der Waals surface area contributed by atoms with Gasteiger partial charge in [-0.05, 0) is 25.1 Å². The Balaban J connectivity index is 1.52. The summed E-state index contributed by atoms with van der Waals surface area (Å²) < 4.78 is 2.25. The zero-order valence-corrected chi connectivity index (χ0v) is 15.3. The highest BCUT2D eigenvalue weighted by Crippen LogP contribution is 2.28. The van der Waals surface area contributed by atoms with Crippen LogP contribution < -0.4 is 16.0 Å². The normalized spacial score (nSPS) is 13.5. The third kappa shape index (κ3) is 2.50. The monoisotopic (exact) mass is 367 g/mol.